The van der Waals surface area contributed by atoms with E-state index in [1.807, 2.05) is 42.6 Å². The normalized spacial score (nSPS) is 12.2. The number of nitrogens with zero attached hydrogens (tertiary/aromatic N) is 2. The quantitative estimate of drug-likeness (QED) is 0.506. The van der Waals surface area contributed by atoms with Crippen molar-refractivity contribution in [3.05, 3.63) is 87.4 Å². The van der Waals surface area contributed by atoms with Gasteiger partial charge in [-0.05, 0) is 55.5 Å². The number of thiophene rings is 1. The Hall–Kier alpha value is -2.92. The first-order valence-electron chi connectivity index (χ1n) is 9.38. The molecule has 5 heteroatoms. The Balaban J connectivity index is 1.72. The second-order valence-electron chi connectivity index (χ2n) is 7.15. The molecule has 4 nitrogen and oxygen atoms in total. The third-order valence-electron chi connectivity index (χ3n) is 5.00. The lowest BCUT2D eigenvalue weighted by Gasteiger charge is -2.17. The van der Waals surface area contributed by atoms with Gasteiger partial charge in [0.1, 0.15) is 5.82 Å². The fourth-order valence-electron chi connectivity index (χ4n) is 3.47. The van der Waals surface area contributed by atoms with Gasteiger partial charge in [-0.3, -0.25) is 4.79 Å². The average Bonchev–Trinajstić information content (AvgIpc) is 3.33. The predicted molar refractivity (Wildman–Crippen MR) is 115 cm³/mol. The van der Waals surface area contributed by atoms with Crippen LogP contribution in [0.4, 0.5) is 0 Å². The summed E-state index contributed by atoms with van der Waals surface area (Å²) >= 11 is 1.44. The van der Waals surface area contributed by atoms with Gasteiger partial charge < -0.3 is 9.88 Å². The summed E-state index contributed by atoms with van der Waals surface area (Å²) in [6.07, 6.45) is 0. The molecule has 1 N–H and O–H groups in total. The molecule has 0 fully saturated rings. The Kier molecular flexibility index (Phi) is 5.01. The highest BCUT2D eigenvalue weighted by molar-refractivity contribution is 7.12. The van der Waals surface area contributed by atoms with Gasteiger partial charge in [-0.25, -0.2) is 4.98 Å². The minimum atomic E-state index is -0.202. The van der Waals surface area contributed by atoms with Gasteiger partial charge in [-0.15, -0.1) is 11.3 Å². The summed E-state index contributed by atoms with van der Waals surface area (Å²) in [5, 5.41) is 5.01. The van der Waals surface area contributed by atoms with Crippen LogP contribution in [-0.4, -0.2) is 15.5 Å². The van der Waals surface area contributed by atoms with E-state index < -0.39 is 0 Å². The van der Waals surface area contributed by atoms with Crippen molar-refractivity contribution in [1.82, 2.24) is 14.9 Å². The van der Waals surface area contributed by atoms with Gasteiger partial charge in [0, 0.05) is 6.54 Å². The summed E-state index contributed by atoms with van der Waals surface area (Å²) in [5.41, 5.74) is 5.78. The van der Waals surface area contributed by atoms with Crippen molar-refractivity contribution in [2.45, 2.75) is 33.4 Å². The molecule has 28 heavy (non-hydrogen) atoms. The van der Waals surface area contributed by atoms with E-state index in [0.717, 1.165) is 23.4 Å². The van der Waals surface area contributed by atoms with Crippen LogP contribution in [0.1, 0.15) is 45.2 Å². The number of carbonyl (C=O) groups is 1. The molecule has 2 aromatic heterocycles. The summed E-state index contributed by atoms with van der Waals surface area (Å²) in [4.78, 5) is 18.1. The summed E-state index contributed by atoms with van der Waals surface area (Å²) in [6, 6.07) is 18.2. The summed E-state index contributed by atoms with van der Waals surface area (Å²) in [7, 11) is 0. The molecule has 4 aromatic rings. The van der Waals surface area contributed by atoms with Crippen molar-refractivity contribution >= 4 is 28.3 Å². The van der Waals surface area contributed by atoms with Crippen LogP contribution < -0.4 is 5.32 Å². The van der Waals surface area contributed by atoms with Crippen LogP contribution in [0, 0.1) is 13.8 Å². The first-order chi connectivity index (χ1) is 13.5. The maximum Gasteiger partial charge on any atom is 0.261 e. The number of para-hydroxylation sites is 2. The largest absolute Gasteiger partial charge is 0.342 e. The van der Waals surface area contributed by atoms with E-state index in [9.17, 15) is 4.79 Å². The zero-order chi connectivity index (χ0) is 19.7. The Morgan fingerprint density at radius 2 is 1.96 bits per heavy atom. The highest BCUT2D eigenvalue weighted by Gasteiger charge is 2.20. The number of fused-ring (bicyclic) bond motifs is 1. The number of benzene rings is 2. The van der Waals surface area contributed by atoms with E-state index in [0.29, 0.717) is 4.88 Å². The third-order valence-corrected chi connectivity index (χ3v) is 5.87. The van der Waals surface area contributed by atoms with Crippen LogP contribution in [0.2, 0.25) is 0 Å². The Morgan fingerprint density at radius 1 is 1.14 bits per heavy atom. The molecule has 2 aromatic carbocycles. The van der Waals surface area contributed by atoms with Gasteiger partial charge in [-0.2, -0.15) is 0 Å². The number of amides is 1. The second-order valence-corrected chi connectivity index (χ2v) is 8.09. The predicted octanol–water partition coefficient (Wildman–Crippen LogP) is 5.25. The van der Waals surface area contributed by atoms with Crippen molar-refractivity contribution < 1.29 is 4.79 Å². The van der Waals surface area contributed by atoms with Crippen molar-refractivity contribution in [3.8, 4) is 0 Å². The van der Waals surface area contributed by atoms with Crippen LogP contribution >= 0.6 is 11.3 Å². The zero-order valence-corrected chi connectivity index (χ0v) is 17.1. The molecular weight excluding hydrogens is 366 g/mol. The fraction of sp³-hybridized carbons (Fsp3) is 0.217. The number of aryl methyl sites for hydroxylation is 2. The number of aromatic nitrogens is 2. The van der Waals surface area contributed by atoms with Gasteiger partial charge >= 0.3 is 0 Å². The molecule has 4 rings (SSSR count). The van der Waals surface area contributed by atoms with Crippen LogP contribution in [0.25, 0.3) is 11.0 Å². The summed E-state index contributed by atoms with van der Waals surface area (Å²) in [6.45, 7) is 6.96. The van der Waals surface area contributed by atoms with Crippen LogP contribution in [0.15, 0.2) is 60.0 Å². The molecule has 142 valence electrons. The topological polar surface area (TPSA) is 46.9 Å². The number of rotatable bonds is 5. The van der Waals surface area contributed by atoms with Crippen LogP contribution in [-0.2, 0) is 6.54 Å². The maximum atomic E-state index is 12.5. The minimum absolute atomic E-state index is 0.0622. The van der Waals surface area contributed by atoms with E-state index in [4.69, 9.17) is 4.98 Å². The van der Waals surface area contributed by atoms with Gasteiger partial charge in [0.05, 0.1) is 22.0 Å². The van der Waals surface area contributed by atoms with E-state index in [1.54, 1.807) is 0 Å². The first kappa shape index (κ1) is 18.4. The summed E-state index contributed by atoms with van der Waals surface area (Å²) in [5.74, 6) is 0.805. The molecule has 0 unspecified atom stereocenters. The lowest BCUT2D eigenvalue weighted by molar-refractivity contribution is 0.0942. The van der Waals surface area contributed by atoms with Crippen molar-refractivity contribution in [1.29, 1.82) is 0 Å². The van der Waals surface area contributed by atoms with Gasteiger partial charge in [0.25, 0.3) is 5.91 Å². The molecule has 0 aliphatic carbocycles. The van der Waals surface area contributed by atoms with Gasteiger partial charge in [0.2, 0.25) is 0 Å². The molecule has 0 saturated heterocycles. The smallest absolute Gasteiger partial charge is 0.261 e. The molecule has 0 bridgehead atoms. The number of hydrogen-bond acceptors (Lipinski definition) is 3. The SMILES string of the molecule is Cc1ccc(C)c(Cn2c([C@@H](C)NC(=O)c3cccs3)nc3ccccc32)c1. The number of imidazole rings is 1. The third kappa shape index (κ3) is 3.58. The molecule has 0 aliphatic rings. The standard InChI is InChI=1S/C23H23N3OS/c1-15-10-11-16(2)18(13-15)14-26-20-8-5-4-7-19(20)25-22(26)17(3)24-23(27)21-9-6-12-28-21/h4-13,17H,14H2,1-3H3,(H,24,27)/t17-/m1/s1. The van der Waals surface area contributed by atoms with E-state index in [1.165, 1.54) is 28.0 Å². The number of hydrogen-bond donors (Lipinski definition) is 1. The molecular formula is C23H23N3OS. The molecule has 0 saturated carbocycles. The van der Waals surface area contributed by atoms with Crippen molar-refractivity contribution in [2.24, 2.45) is 0 Å². The van der Waals surface area contributed by atoms with E-state index in [2.05, 4.69) is 48.0 Å². The van der Waals surface area contributed by atoms with E-state index in [-0.39, 0.29) is 11.9 Å². The summed E-state index contributed by atoms with van der Waals surface area (Å²) < 4.78 is 2.22. The highest BCUT2D eigenvalue weighted by Crippen LogP contribution is 2.24. The lowest BCUT2D eigenvalue weighted by Crippen LogP contribution is -2.28. The molecule has 2 heterocycles. The first-order valence-corrected chi connectivity index (χ1v) is 10.3. The number of carbonyl (C=O) groups excluding carboxylic acids is 1. The Bertz CT molecular complexity index is 1130. The van der Waals surface area contributed by atoms with E-state index >= 15 is 0 Å². The average molecular weight is 390 g/mol. The van der Waals surface area contributed by atoms with Crippen LogP contribution in [0.5, 0.6) is 0 Å². The molecule has 1 amide bonds. The fourth-order valence-corrected chi connectivity index (χ4v) is 4.10. The monoisotopic (exact) mass is 389 g/mol. The lowest BCUT2D eigenvalue weighted by atomic mass is 10.1. The van der Waals surface area contributed by atoms with Crippen molar-refractivity contribution in [3.63, 3.8) is 0 Å². The van der Waals surface area contributed by atoms with Crippen LogP contribution in [0.3, 0.4) is 0 Å². The molecule has 0 aliphatic heterocycles. The molecule has 0 radical (unpaired) electrons. The van der Waals surface area contributed by atoms with Crippen molar-refractivity contribution in [2.75, 3.05) is 0 Å². The van der Waals surface area contributed by atoms with Gasteiger partial charge in [0.15, 0.2) is 0 Å². The molecule has 0 spiro atoms. The number of nitrogens with one attached hydrogen (secondary N) is 1. The maximum absolute atomic E-state index is 12.5. The second kappa shape index (κ2) is 7.60. The Labute approximate surface area is 168 Å². The van der Waals surface area contributed by atoms with Gasteiger partial charge in [-0.1, -0.05) is 42.0 Å². The minimum Gasteiger partial charge on any atom is -0.342 e. The highest BCUT2D eigenvalue weighted by atomic mass is 32.1. The Morgan fingerprint density at radius 3 is 2.75 bits per heavy atom. The zero-order valence-electron chi connectivity index (χ0n) is 16.3. The molecule has 1 atom stereocenters.